The smallest absolute Gasteiger partial charge is 0.168 e. The number of imidazole rings is 1. The minimum absolute atomic E-state index is 0.238. The van der Waals surface area contributed by atoms with Crippen LogP contribution in [0, 0.1) is 0 Å². The predicted molar refractivity (Wildman–Crippen MR) is 80.0 cm³/mol. The van der Waals surface area contributed by atoms with Gasteiger partial charge in [0.2, 0.25) is 0 Å². The van der Waals surface area contributed by atoms with Crippen LogP contribution in [0.2, 0.25) is 0 Å². The molecule has 1 aromatic heterocycles. The summed E-state index contributed by atoms with van der Waals surface area (Å²) in [5, 5.41) is 22.3. The first-order chi connectivity index (χ1) is 9.76. The molecule has 0 bridgehead atoms. The van der Waals surface area contributed by atoms with Crippen molar-refractivity contribution >= 4 is 17.4 Å². The summed E-state index contributed by atoms with van der Waals surface area (Å²) in [7, 11) is 0. The molecule has 0 saturated carbocycles. The molecule has 1 atom stereocenters. The Morgan fingerprint density at radius 2 is 2.35 bits per heavy atom. The summed E-state index contributed by atoms with van der Waals surface area (Å²) in [6.45, 7) is 1.11. The first-order valence-electron chi connectivity index (χ1n) is 6.59. The quantitative estimate of drug-likeness (QED) is 0.777. The van der Waals surface area contributed by atoms with Gasteiger partial charge in [0, 0.05) is 36.3 Å². The SMILES string of the molecule is OCC(O)CNc1cccc(-c2cn3c(n2)SCC3)c1. The van der Waals surface area contributed by atoms with Crippen molar-refractivity contribution < 1.29 is 10.2 Å². The predicted octanol–water partition coefficient (Wildman–Crippen LogP) is 1.42. The van der Waals surface area contributed by atoms with Crippen molar-refractivity contribution in [1.29, 1.82) is 0 Å². The molecule has 1 aliphatic rings. The number of anilines is 1. The van der Waals surface area contributed by atoms with Gasteiger partial charge in [-0.3, -0.25) is 0 Å². The molecule has 5 nitrogen and oxygen atoms in total. The maximum atomic E-state index is 9.35. The lowest BCUT2D eigenvalue weighted by atomic mass is 10.1. The van der Waals surface area contributed by atoms with Crippen molar-refractivity contribution in [2.45, 2.75) is 17.8 Å². The molecule has 6 heteroatoms. The lowest BCUT2D eigenvalue weighted by Crippen LogP contribution is -2.22. The van der Waals surface area contributed by atoms with Gasteiger partial charge in [0.1, 0.15) is 0 Å². The number of fused-ring (bicyclic) bond motifs is 1. The van der Waals surface area contributed by atoms with Crippen LogP contribution >= 0.6 is 11.8 Å². The van der Waals surface area contributed by atoms with E-state index in [2.05, 4.69) is 21.1 Å². The van der Waals surface area contributed by atoms with E-state index in [9.17, 15) is 5.11 Å². The maximum absolute atomic E-state index is 9.35. The third kappa shape index (κ3) is 2.82. The van der Waals surface area contributed by atoms with Crippen molar-refractivity contribution in [3.63, 3.8) is 0 Å². The Kier molecular flexibility index (Phi) is 3.95. The normalized spacial score (nSPS) is 15.1. The van der Waals surface area contributed by atoms with Crippen molar-refractivity contribution in [3.05, 3.63) is 30.5 Å². The largest absolute Gasteiger partial charge is 0.394 e. The molecule has 0 aliphatic carbocycles. The van der Waals surface area contributed by atoms with Crippen LogP contribution in [0.25, 0.3) is 11.3 Å². The highest BCUT2D eigenvalue weighted by molar-refractivity contribution is 7.99. The van der Waals surface area contributed by atoms with Crippen molar-refractivity contribution in [2.75, 3.05) is 24.2 Å². The first kappa shape index (κ1) is 13.5. The second-order valence-corrected chi connectivity index (χ2v) is 5.81. The average molecular weight is 291 g/mol. The Labute approximate surface area is 121 Å². The lowest BCUT2D eigenvalue weighted by Gasteiger charge is -2.10. The summed E-state index contributed by atoms with van der Waals surface area (Å²) in [6, 6.07) is 7.93. The number of hydrogen-bond donors (Lipinski definition) is 3. The summed E-state index contributed by atoms with van der Waals surface area (Å²) in [4.78, 5) is 4.62. The molecule has 106 valence electrons. The number of aryl methyl sites for hydroxylation is 1. The number of nitrogens with one attached hydrogen (secondary N) is 1. The van der Waals surface area contributed by atoms with Gasteiger partial charge >= 0.3 is 0 Å². The van der Waals surface area contributed by atoms with E-state index in [1.54, 1.807) is 11.8 Å². The molecular weight excluding hydrogens is 274 g/mol. The molecule has 3 N–H and O–H groups in total. The zero-order valence-electron chi connectivity index (χ0n) is 11.0. The molecular formula is C14H17N3O2S. The molecule has 2 heterocycles. The van der Waals surface area contributed by atoms with E-state index >= 15 is 0 Å². The lowest BCUT2D eigenvalue weighted by molar-refractivity contribution is 0.105. The Bertz CT molecular complexity index is 578. The molecule has 2 aromatic rings. The van der Waals surface area contributed by atoms with Gasteiger partial charge in [0.05, 0.1) is 18.4 Å². The monoisotopic (exact) mass is 291 g/mol. The van der Waals surface area contributed by atoms with E-state index in [1.807, 2.05) is 24.3 Å². The van der Waals surface area contributed by atoms with Gasteiger partial charge in [-0.15, -0.1) is 0 Å². The van der Waals surface area contributed by atoms with Gasteiger partial charge in [0.15, 0.2) is 5.16 Å². The fourth-order valence-electron chi connectivity index (χ4n) is 2.14. The summed E-state index contributed by atoms with van der Waals surface area (Å²) in [6.07, 6.45) is 1.34. The minimum Gasteiger partial charge on any atom is -0.394 e. The fraction of sp³-hybridized carbons (Fsp3) is 0.357. The number of aromatic nitrogens is 2. The van der Waals surface area contributed by atoms with Gasteiger partial charge < -0.3 is 20.1 Å². The Balaban J connectivity index is 1.76. The fourth-order valence-corrected chi connectivity index (χ4v) is 3.08. The van der Waals surface area contributed by atoms with Crippen LogP contribution in [-0.2, 0) is 6.54 Å². The Morgan fingerprint density at radius 1 is 1.45 bits per heavy atom. The van der Waals surface area contributed by atoms with Gasteiger partial charge in [-0.1, -0.05) is 23.9 Å². The molecule has 0 spiro atoms. The zero-order chi connectivity index (χ0) is 13.9. The standard InChI is InChI=1S/C14H17N3O2S/c18-9-12(19)7-15-11-3-1-2-10(6-11)13-8-17-4-5-20-14(17)16-13/h1-3,6,8,12,15,18-19H,4-5,7,9H2. The molecule has 20 heavy (non-hydrogen) atoms. The van der Waals surface area contributed by atoms with E-state index in [4.69, 9.17) is 5.11 Å². The highest BCUT2D eigenvalue weighted by Gasteiger charge is 2.15. The molecule has 3 rings (SSSR count). The zero-order valence-corrected chi connectivity index (χ0v) is 11.8. The van der Waals surface area contributed by atoms with Crippen LogP contribution in [0.1, 0.15) is 0 Å². The summed E-state index contributed by atoms with van der Waals surface area (Å²) >= 11 is 1.78. The second kappa shape index (κ2) is 5.87. The molecule has 1 unspecified atom stereocenters. The highest BCUT2D eigenvalue weighted by atomic mass is 32.2. The van der Waals surface area contributed by atoms with E-state index < -0.39 is 6.10 Å². The summed E-state index contributed by atoms with van der Waals surface area (Å²) in [5.74, 6) is 1.10. The van der Waals surface area contributed by atoms with Crippen LogP contribution < -0.4 is 5.32 Å². The van der Waals surface area contributed by atoms with Crippen LogP contribution in [-0.4, -0.2) is 44.8 Å². The summed E-state index contributed by atoms with van der Waals surface area (Å²) in [5.41, 5.74) is 2.94. The maximum Gasteiger partial charge on any atom is 0.168 e. The van der Waals surface area contributed by atoms with E-state index in [-0.39, 0.29) is 6.61 Å². The third-order valence-electron chi connectivity index (χ3n) is 3.21. The van der Waals surface area contributed by atoms with Crippen LogP contribution in [0.15, 0.2) is 35.6 Å². The van der Waals surface area contributed by atoms with Crippen molar-refractivity contribution in [3.8, 4) is 11.3 Å². The van der Waals surface area contributed by atoms with Crippen LogP contribution in [0.3, 0.4) is 0 Å². The molecule has 1 aliphatic heterocycles. The van der Waals surface area contributed by atoms with E-state index in [0.717, 1.165) is 34.4 Å². The minimum atomic E-state index is -0.744. The third-order valence-corrected chi connectivity index (χ3v) is 4.18. The van der Waals surface area contributed by atoms with Crippen LogP contribution in [0.5, 0.6) is 0 Å². The Morgan fingerprint density at radius 3 is 3.15 bits per heavy atom. The van der Waals surface area contributed by atoms with Gasteiger partial charge in [-0.25, -0.2) is 4.98 Å². The average Bonchev–Trinajstić information content (AvgIpc) is 3.06. The molecule has 1 aromatic carbocycles. The van der Waals surface area contributed by atoms with E-state index in [0.29, 0.717) is 6.54 Å². The number of benzene rings is 1. The van der Waals surface area contributed by atoms with Crippen molar-refractivity contribution in [1.82, 2.24) is 9.55 Å². The molecule has 0 fully saturated rings. The number of nitrogens with zero attached hydrogens (tertiary/aromatic N) is 2. The Hall–Kier alpha value is -1.50. The molecule has 0 amide bonds. The van der Waals surface area contributed by atoms with Crippen LogP contribution in [0.4, 0.5) is 5.69 Å². The van der Waals surface area contributed by atoms with Gasteiger partial charge in [0.25, 0.3) is 0 Å². The van der Waals surface area contributed by atoms with Gasteiger partial charge in [-0.05, 0) is 12.1 Å². The number of aliphatic hydroxyl groups is 2. The first-order valence-corrected chi connectivity index (χ1v) is 7.58. The van der Waals surface area contributed by atoms with Crippen molar-refractivity contribution in [2.24, 2.45) is 0 Å². The summed E-state index contributed by atoms with van der Waals surface area (Å²) < 4.78 is 2.18. The molecule has 0 saturated heterocycles. The number of hydrogen-bond acceptors (Lipinski definition) is 5. The number of rotatable bonds is 5. The number of aliphatic hydroxyl groups excluding tert-OH is 2. The second-order valence-electron chi connectivity index (χ2n) is 4.75. The molecule has 0 radical (unpaired) electrons. The highest BCUT2D eigenvalue weighted by Crippen LogP contribution is 2.29. The topological polar surface area (TPSA) is 70.3 Å². The van der Waals surface area contributed by atoms with E-state index in [1.165, 1.54) is 0 Å². The number of thioether (sulfide) groups is 1. The van der Waals surface area contributed by atoms with Gasteiger partial charge in [-0.2, -0.15) is 0 Å².